The Morgan fingerprint density at radius 1 is 1.23 bits per heavy atom. The zero-order valence-corrected chi connectivity index (χ0v) is 16.1. The van der Waals surface area contributed by atoms with Gasteiger partial charge in [0.05, 0.1) is 17.7 Å². The van der Waals surface area contributed by atoms with Crippen LogP contribution in [0.2, 0.25) is 0 Å². The molecule has 0 radical (unpaired) electrons. The van der Waals surface area contributed by atoms with Crippen LogP contribution in [-0.2, 0) is 9.47 Å². The summed E-state index contributed by atoms with van der Waals surface area (Å²) < 4.78 is 11.5. The molecule has 2 saturated heterocycles. The smallest absolute Gasteiger partial charge is 0.339 e. The summed E-state index contributed by atoms with van der Waals surface area (Å²) in [7, 11) is 0. The van der Waals surface area contributed by atoms with E-state index in [9.17, 15) is 4.79 Å². The van der Waals surface area contributed by atoms with Gasteiger partial charge in [0.1, 0.15) is 11.2 Å². The molecule has 2 aliphatic rings. The molecule has 0 unspecified atom stereocenters. The standard InChI is InChI=1S/C21H26N2O3/c1-19(2,3)26-18(24)15-8-9-22-17-7-6-14(10-16(15)17)23-11-21(12-23)20(4,5)13-25-21/h6-10H,11-13H2,1-5H3. The Labute approximate surface area is 154 Å². The number of benzene rings is 1. The number of carbonyl (C=O) groups is 1. The van der Waals surface area contributed by atoms with Crippen LogP contribution in [0.3, 0.4) is 0 Å². The molecule has 0 N–H and O–H groups in total. The minimum Gasteiger partial charge on any atom is -0.456 e. The summed E-state index contributed by atoms with van der Waals surface area (Å²) in [6.07, 6.45) is 1.66. The third-order valence-corrected chi connectivity index (χ3v) is 5.54. The van der Waals surface area contributed by atoms with Gasteiger partial charge >= 0.3 is 5.97 Å². The highest BCUT2D eigenvalue weighted by Crippen LogP contribution is 2.51. The van der Waals surface area contributed by atoms with Crippen LogP contribution in [0, 0.1) is 5.41 Å². The molecular formula is C21H26N2O3. The minimum atomic E-state index is -0.527. The third-order valence-electron chi connectivity index (χ3n) is 5.54. The predicted octanol–water partition coefficient (Wildman–Crippen LogP) is 3.81. The quantitative estimate of drug-likeness (QED) is 0.768. The van der Waals surface area contributed by atoms with Gasteiger partial charge in [-0.05, 0) is 45.0 Å². The van der Waals surface area contributed by atoms with Gasteiger partial charge in [-0.2, -0.15) is 0 Å². The number of pyridine rings is 1. The van der Waals surface area contributed by atoms with Gasteiger partial charge in [-0.1, -0.05) is 13.8 Å². The zero-order valence-electron chi connectivity index (χ0n) is 16.1. The number of carbonyl (C=O) groups excluding carboxylic acids is 1. The van der Waals surface area contributed by atoms with Crippen molar-refractivity contribution in [3.63, 3.8) is 0 Å². The lowest BCUT2D eigenvalue weighted by atomic mass is 9.66. The van der Waals surface area contributed by atoms with E-state index in [0.717, 1.165) is 36.3 Å². The van der Waals surface area contributed by atoms with E-state index in [4.69, 9.17) is 9.47 Å². The van der Waals surface area contributed by atoms with Gasteiger partial charge in [-0.25, -0.2) is 4.79 Å². The zero-order chi connectivity index (χ0) is 18.7. The van der Waals surface area contributed by atoms with Crippen molar-refractivity contribution in [2.45, 2.75) is 45.8 Å². The largest absolute Gasteiger partial charge is 0.456 e. The number of hydrogen-bond donors (Lipinski definition) is 0. The maximum atomic E-state index is 12.6. The van der Waals surface area contributed by atoms with Crippen LogP contribution < -0.4 is 4.90 Å². The monoisotopic (exact) mass is 354 g/mol. The van der Waals surface area contributed by atoms with Gasteiger partial charge in [0.2, 0.25) is 0 Å². The van der Waals surface area contributed by atoms with Crippen LogP contribution in [0.25, 0.3) is 10.9 Å². The van der Waals surface area contributed by atoms with Crippen LogP contribution in [0.5, 0.6) is 0 Å². The maximum Gasteiger partial charge on any atom is 0.339 e. The van der Waals surface area contributed by atoms with Crippen molar-refractivity contribution in [3.8, 4) is 0 Å². The maximum absolute atomic E-state index is 12.6. The Kier molecular flexibility index (Phi) is 3.61. The lowest BCUT2D eigenvalue weighted by Crippen LogP contribution is -2.77. The van der Waals surface area contributed by atoms with Crippen LogP contribution in [0.4, 0.5) is 5.69 Å². The summed E-state index contributed by atoms with van der Waals surface area (Å²) in [5.41, 5.74) is 2.12. The summed E-state index contributed by atoms with van der Waals surface area (Å²) in [4.78, 5) is 19.3. The molecule has 3 heterocycles. The molecule has 0 atom stereocenters. The van der Waals surface area contributed by atoms with Gasteiger partial charge in [0.25, 0.3) is 0 Å². The highest BCUT2D eigenvalue weighted by atomic mass is 16.6. The van der Waals surface area contributed by atoms with Crippen LogP contribution in [-0.4, -0.2) is 41.9 Å². The SMILES string of the molecule is CC(C)(C)OC(=O)c1ccnc2ccc(N3CC4(C3)OCC4(C)C)cc12. The van der Waals surface area contributed by atoms with Gasteiger partial charge in [-0.3, -0.25) is 4.98 Å². The summed E-state index contributed by atoms with van der Waals surface area (Å²) >= 11 is 0. The Bertz CT molecular complexity index is 876. The van der Waals surface area contributed by atoms with E-state index in [0.29, 0.717) is 5.56 Å². The van der Waals surface area contributed by atoms with E-state index in [1.807, 2.05) is 32.9 Å². The molecule has 0 saturated carbocycles. The minimum absolute atomic E-state index is 0.0229. The number of nitrogens with zero attached hydrogens (tertiary/aromatic N) is 2. The first-order valence-electron chi connectivity index (χ1n) is 9.11. The van der Waals surface area contributed by atoms with Crippen molar-refractivity contribution in [3.05, 3.63) is 36.0 Å². The number of rotatable bonds is 2. The van der Waals surface area contributed by atoms with Gasteiger partial charge < -0.3 is 14.4 Å². The lowest BCUT2D eigenvalue weighted by molar-refractivity contribution is -0.262. The summed E-state index contributed by atoms with van der Waals surface area (Å²) in [5.74, 6) is -0.314. The van der Waals surface area contributed by atoms with Gasteiger partial charge in [0, 0.05) is 35.8 Å². The second-order valence-electron chi connectivity index (χ2n) is 9.08. The number of hydrogen-bond acceptors (Lipinski definition) is 5. The molecule has 26 heavy (non-hydrogen) atoms. The molecule has 0 bridgehead atoms. The van der Waals surface area contributed by atoms with Crippen molar-refractivity contribution in [1.82, 2.24) is 4.98 Å². The molecule has 138 valence electrons. The summed E-state index contributed by atoms with van der Waals surface area (Å²) in [6, 6.07) is 7.80. The normalized spacial score (nSPS) is 20.6. The van der Waals surface area contributed by atoms with Crippen molar-refractivity contribution >= 4 is 22.6 Å². The number of anilines is 1. The van der Waals surface area contributed by atoms with Crippen molar-refractivity contribution in [1.29, 1.82) is 0 Å². The fraction of sp³-hybridized carbons (Fsp3) is 0.524. The van der Waals surface area contributed by atoms with E-state index in [1.165, 1.54) is 0 Å². The second kappa shape index (κ2) is 5.43. The fourth-order valence-corrected chi connectivity index (χ4v) is 3.68. The summed E-state index contributed by atoms with van der Waals surface area (Å²) in [5, 5.41) is 0.828. The van der Waals surface area contributed by atoms with Crippen LogP contribution in [0.15, 0.2) is 30.5 Å². The Hall–Kier alpha value is -2.14. The van der Waals surface area contributed by atoms with Gasteiger partial charge in [0.15, 0.2) is 0 Å². The molecule has 1 spiro atoms. The first-order valence-corrected chi connectivity index (χ1v) is 9.11. The number of aromatic nitrogens is 1. The highest BCUT2D eigenvalue weighted by molar-refractivity contribution is 6.04. The molecular weight excluding hydrogens is 328 g/mol. The molecule has 5 heteroatoms. The average Bonchev–Trinajstić information content (AvgIpc) is 2.50. The van der Waals surface area contributed by atoms with Crippen molar-refractivity contribution < 1.29 is 14.3 Å². The topological polar surface area (TPSA) is 51.7 Å². The van der Waals surface area contributed by atoms with Crippen molar-refractivity contribution in [2.75, 3.05) is 24.6 Å². The van der Waals surface area contributed by atoms with E-state index >= 15 is 0 Å². The predicted molar refractivity (Wildman–Crippen MR) is 102 cm³/mol. The molecule has 2 aliphatic heterocycles. The van der Waals surface area contributed by atoms with Crippen LogP contribution in [0.1, 0.15) is 45.0 Å². The molecule has 2 fully saturated rings. The first-order chi connectivity index (χ1) is 12.1. The second-order valence-corrected chi connectivity index (χ2v) is 9.08. The van der Waals surface area contributed by atoms with E-state index in [-0.39, 0.29) is 17.0 Å². The molecule has 5 nitrogen and oxygen atoms in total. The highest BCUT2D eigenvalue weighted by Gasteiger charge is 2.61. The van der Waals surface area contributed by atoms with E-state index in [1.54, 1.807) is 12.3 Å². The first kappa shape index (κ1) is 17.3. The molecule has 2 aromatic rings. The number of fused-ring (bicyclic) bond motifs is 1. The van der Waals surface area contributed by atoms with Crippen molar-refractivity contribution in [2.24, 2.45) is 5.41 Å². The Morgan fingerprint density at radius 2 is 1.96 bits per heavy atom. The number of ether oxygens (including phenoxy) is 2. The molecule has 4 rings (SSSR count). The average molecular weight is 354 g/mol. The molecule has 0 amide bonds. The molecule has 0 aliphatic carbocycles. The number of esters is 1. The molecule has 1 aromatic carbocycles. The Morgan fingerprint density at radius 3 is 2.54 bits per heavy atom. The third kappa shape index (κ3) is 2.65. The summed E-state index contributed by atoms with van der Waals surface area (Å²) in [6.45, 7) is 12.7. The van der Waals surface area contributed by atoms with E-state index in [2.05, 4.69) is 29.8 Å². The van der Waals surface area contributed by atoms with Crippen LogP contribution >= 0.6 is 0 Å². The fourth-order valence-electron chi connectivity index (χ4n) is 3.68. The van der Waals surface area contributed by atoms with E-state index < -0.39 is 5.60 Å². The molecule has 1 aromatic heterocycles. The Balaban J connectivity index is 1.63. The van der Waals surface area contributed by atoms with Gasteiger partial charge in [-0.15, -0.1) is 0 Å². The lowest BCUT2D eigenvalue weighted by Gasteiger charge is -2.65.